The van der Waals surface area contributed by atoms with Crippen molar-refractivity contribution >= 4 is 62.3 Å². The van der Waals surface area contributed by atoms with Gasteiger partial charge < -0.3 is 11.1 Å². The highest BCUT2D eigenvalue weighted by molar-refractivity contribution is 7.92. The van der Waals surface area contributed by atoms with Crippen molar-refractivity contribution in [3.8, 4) is 0 Å². The summed E-state index contributed by atoms with van der Waals surface area (Å²) in [5, 5.41) is 3.98. The van der Waals surface area contributed by atoms with Gasteiger partial charge in [0, 0.05) is 33.7 Å². The van der Waals surface area contributed by atoms with Crippen molar-refractivity contribution in [1.29, 1.82) is 0 Å². The van der Waals surface area contributed by atoms with Crippen molar-refractivity contribution in [2.24, 2.45) is 5.73 Å². The number of nitrogens with one attached hydrogen (secondary N) is 1. The number of sulfonamides is 1. The normalized spacial score (nSPS) is 14.9. The van der Waals surface area contributed by atoms with E-state index in [-0.39, 0.29) is 22.3 Å². The van der Waals surface area contributed by atoms with Gasteiger partial charge in [0.15, 0.2) is 0 Å². The van der Waals surface area contributed by atoms with Gasteiger partial charge in [0.05, 0.1) is 24.0 Å². The lowest BCUT2D eigenvalue weighted by atomic mass is 9.93. The Morgan fingerprint density at radius 2 is 1.48 bits per heavy atom. The summed E-state index contributed by atoms with van der Waals surface area (Å²) in [5.41, 5.74) is 7.72. The fraction of sp³-hybridized carbons (Fsp3) is 0.286. The monoisotopic (exact) mass is 622 g/mol. The maximum atomic E-state index is 13.0. The summed E-state index contributed by atoms with van der Waals surface area (Å²) in [6.07, 6.45) is 1.43. The Kier molecular flexibility index (Phi) is 9.32. The summed E-state index contributed by atoms with van der Waals surface area (Å²) in [6, 6.07) is 18.0. The lowest BCUT2D eigenvalue weighted by Crippen LogP contribution is -2.61. The Hall–Kier alpha value is -2.82. The molecular weight excluding hydrogens is 595 g/mol. The number of anilines is 1. The number of likely N-dealkylation sites (tertiary alicyclic amines) is 1. The zero-order chi connectivity index (χ0) is 29.2. The van der Waals surface area contributed by atoms with Crippen molar-refractivity contribution in [3.05, 3.63) is 98.5 Å². The Morgan fingerprint density at radius 3 is 1.93 bits per heavy atom. The highest BCUT2D eigenvalue weighted by Crippen LogP contribution is 2.37. The number of nitrogens with two attached hydrogens (primary N) is 1. The topological polar surface area (TPSA) is 113 Å². The first-order valence-electron chi connectivity index (χ1n) is 12.5. The molecule has 1 atom stereocenters. The zero-order valence-corrected chi connectivity index (χ0v) is 24.9. The second kappa shape index (κ2) is 12.4. The van der Waals surface area contributed by atoms with Crippen molar-refractivity contribution in [2.75, 3.05) is 23.7 Å². The van der Waals surface area contributed by atoms with Crippen LogP contribution in [0.3, 0.4) is 0 Å². The van der Waals surface area contributed by atoms with E-state index in [1.54, 1.807) is 6.92 Å². The van der Waals surface area contributed by atoms with Crippen LogP contribution in [0.5, 0.6) is 0 Å². The van der Waals surface area contributed by atoms with Crippen LogP contribution in [0, 0.1) is 0 Å². The molecule has 1 saturated heterocycles. The lowest BCUT2D eigenvalue weighted by molar-refractivity contribution is -0.119. The second-order valence-electron chi connectivity index (χ2n) is 9.71. The number of halogens is 3. The number of carbonyl (C=O) groups excluding carboxylic acids is 2. The average molecular weight is 624 g/mol. The van der Waals surface area contributed by atoms with E-state index in [0.717, 1.165) is 17.4 Å². The van der Waals surface area contributed by atoms with Crippen LogP contribution in [0.25, 0.3) is 0 Å². The summed E-state index contributed by atoms with van der Waals surface area (Å²) in [4.78, 5) is 26.6. The smallest absolute Gasteiger partial charge is 0.252 e. The molecule has 12 heteroatoms. The van der Waals surface area contributed by atoms with Crippen molar-refractivity contribution in [1.82, 2.24) is 10.2 Å². The van der Waals surface area contributed by atoms with Crippen LogP contribution in [0.4, 0.5) is 5.69 Å². The molecule has 1 aliphatic heterocycles. The van der Waals surface area contributed by atoms with E-state index >= 15 is 0 Å². The van der Waals surface area contributed by atoms with Crippen LogP contribution < -0.4 is 15.4 Å². The number of hydrogen-bond donors (Lipinski definition) is 2. The molecule has 0 saturated carbocycles. The number of carbonyl (C=O) groups is 2. The molecule has 0 spiro atoms. The summed E-state index contributed by atoms with van der Waals surface area (Å²) in [7, 11) is -3.76. The predicted molar refractivity (Wildman–Crippen MR) is 160 cm³/mol. The third kappa shape index (κ3) is 6.90. The summed E-state index contributed by atoms with van der Waals surface area (Å²) in [5.74, 6) is -1.25. The van der Waals surface area contributed by atoms with Gasteiger partial charge in [0.25, 0.3) is 5.91 Å². The predicted octanol–water partition coefficient (Wildman–Crippen LogP) is 4.88. The van der Waals surface area contributed by atoms with E-state index in [9.17, 15) is 18.0 Å². The van der Waals surface area contributed by atoms with E-state index < -0.39 is 33.9 Å². The van der Waals surface area contributed by atoms with Gasteiger partial charge in [0.2, 0.25) is 15.9 Å². The first kappa shape index (κ1) is 30.1. The summed E-state index contributed by atoms with van der Waals surface area (Å²) in [6.45, 7) is 2.54. The van der Waals surface area contributed by atoms with Crippen LogP contribution >= 0.6 is 34.8 Å². The fourth-order valence-corrected chi connectivity index (χ4v) is 6.52. The van der Waals surface area contributed by atoms with Crippen molar-refractivity contribution in [2.45, 2.75) is 31.5 Å². The summed E-state index contributed by atoms with van der Waals surface area (Å²) >= 11 is 18.6. The average Bonchev–Trinajstić information content (AvgIpc) is 2.86. The molecule has 2 amide bonds. The Morgan fingerprint density at radius 1 is 0.950 bits per heavy atom. The van der Waals surface area contributed by atoms with Crippen molar-refractivity contribution in [3.63, 3.8) is 0 Å². The van der Waals surface area contributed by atoms with Crippen LogP contribution in [0.2, 0.25) is 15.1 Å². The molecule has 3 aromatic rings. The molecule has 1 heterocycles. The van der Waals surface area contributed by atoms with Crippen LogP contribution in [0.15, 0.2) is 66.7 Å². The number of hydrogen-bond acceptors (Lipinski definition) is 5. The molecule has 4 rings (SSSR count). The van der Waals surface area contributed by atoms with Gasteiger partial charge >= 0.3 is 0 Å². The fourth-order valence-electron chi connectivity index (χ4n) is 4.87. The molecule has 40 heavy (non-hydrogen) atoms. The van der Waals surface area contributed by atoms with Gasteiger partial charge in [-0.2, -0.15) is 0 Å². The standard InChI is InChI=1S/C28H29Cl3N4O4S/c1-3-25(27(32)36)33-28(37)19-12-22(31)14-23(13-19)35(40(2,38)39)24-15-34(16-24)26(17-4-8-20(29)9-5-17)18-6-10-21(30)11-7-18/h4-14,24-26H,3,15-16H2,1-2H3,(H2,32,36)(H,33,37). The Balaban J connectivity index is 1.63. The van der Waals surface area contributed by atoms with E-state index in [0.29, 0.717) is 29.6 Å². The maximum Gasteiger partial charge on any atom is 0.252 e. The number of rotatable bonds is 10. The number of amides is 2. The molecule has 0 radical (unpaired) electrons. The van der Waals surface area contributed by atoms with E-state index in [1.165, 1.54) is 22.5 Å². The van der Waals surface area contributed by atoms with Crippen LogP contribution in [0.1, 0.15) is 40.9 Å². The Labute approximate surface area is 249 Å². The molecule has 0 aliphatic carbocycles. The molecule has 3 N–H and O–H groups in total. The first-order valence-corrected chi connectivity index (χ1v) is 15.5. The maximum absolute atomic E-state index is 13.0. The highest BCUT2D eigenvalue weighted by Gasteiger charge is 2.41. The van der Waals surface area contributed by atoms with Crippen LogP contribution in [-0.4, -0.2) is 56.6 Å². The summed E-state index contributed by atoms with van der Waals surface area (Å²) < 4.78 is 27.4. The van der Waals surface area contributed by atoms with Gasteiger partial charge in [-0.3, -0.25) is 18.8 Å². The van der Waals surface area contributed by atoms with E-state index in [4.69, 9.17) is 40.5 Å². The van der Waals surface area contributed by atoms with Gasteiger partial charge in [-0.1, -0.05) is 66.0 Å². The number of primary amides is 1. The van der Waals surface area contributed by atoms with Gasteiger partial charge in [-0.15, -0.1) is 0 Å². The lowest BCUT2D eigenvalue weighted by Gasteiger charge is -2.48. The van der Waals surface area contributed by atoms with E-state index in [1.807, 2.05) is 48.5 Å². The third-order valence-electron chi connectivity index (χ3n) is 6.77. The minimum atomic E-state index is -3.76. The molecule has 3 aromatic carbocycles. The first-order chi connectivity index (χ1) is 18.9. The second-order valence-corrected chi connectivity index (χ2v) is 12.9. The van der Waals surface area contributed by atoms with Gasteiger partial charge in [-0.25, -0.2) is 8.42 Å². The molecule has 212 valence electrons. The highest BCUT2D eigenvalue weighted by atomic mass is 35.5. The number of benzene rings is 3. The molecule has 1 unspecified atom stereocenters. The van der Waals surface area contributed by atoms with Gasteiger partial charge in [-0.05, 0) is 60.0 Å². The molecular formula is C28H29Cl3N4O4S. The molecule has 0 bridgehead atoms. The SMILES string of the molecule is CCC(NC(=O)c1cc(Cl)cc(N(C2CN(C(c3ccc(Cl)cc3)c3ccc(Cl)cc3)C2)S(C)(=O)=O)c1)C(N)=O. The van der Waals surface area contributed by atoms with Crippen LogP contribution in [-0.2, 0) is 14.8 Å². The van der Waals surface area contributed by atoms with Gasteiger partial charge in [0.1, 0.15) is 6.04 Å². The van der Waals surface area contributed by atoms with E-state index in [2.05, 4.69) is 10.2 Å². The quantitative estimate of drug-likeness (QED) is 0.334. The number of nitrogens with zero attached hydrogens (tertiary/aromatic N) is 2. The molecule has 0 aromatic heterocycles. The zero-order valence-electron chi connectivity index (χ0n) is 21.9. The molecule has 8 nitrogen and oxygen atoms in total. The largest absolute Gasteiger partial charge is 0.368 e. The van der Waals surface area contributed by atoms with Crippen molar-refractivity contribution < 1.29 is 18.0 Å². The minimum Gasteiger partial charge on any atom is -0.368 e. The minimum absolute atomic E-state index is 0.118. The Bertz CT molecular complexity index is 1450. The molecule has 1 aliphatic rings. The molecule has 1 fully saturated rings. The third-order valence-corrected chi connectivity index (χ3v) is 8.72.